The van der Waals surface area contributed by atoms with Crippen LogP contribution in [0.15, 0.2) is 41.8 Å². The van der Waals surface area contributed by atoms with Gasteiger partial charge in [-0.2, -0.15) is 0 Å². The highest BCUT2D eigenvalue weighted by Gasteiger charge is 2.17. The van der Waals surface area contributed by atoms with Crippen LogP contribution in [-0.4, -0.2) is 24.5 Å². The van der Waals surface area contributed by atoms with Crippen LogP contribution in [0.2, 0.25) is 0 Å². The maximum absolute atomic E-state index is 13.1. The van der Waals surface area contributed by atoms with Crippen molar-refractivity contribution in [2.24, 2.45) is 0 Å². The first-order valence-corrected chi connectivity index (χ1v) is 6.98. The minimum absolute atomic E-state index is 0.0107. The Bertz CT molecular complexity index is 655. The SMILES string of the molecule is Nc1ccc(F)cc1S(=O)(=O)NCCn1ccnc1. The topological polar surface area (TPSA) is 90.0 Å². The van der Waals surface area contributed by atoms with Crippen LogP contribution in [0.25, 0.3) is 0 Å². The maximum Gasteiger partial charge on any atom is 0.242 e. The van der Waals surface area contributed by atoms with Crippen LogP contribution in [0.1, 0.15) is 0 Å². The van der Waals surface area contributed by atoms with Gasteiger partial charge in [0.2, 0.25) is 10.0 Å². The van der Waals surface area contributed by atoms with Crippen LogP contribution in [0.5, 0.6) is 0 Å². The Morgan fingerprint density at radius 3 is 2.89 bits per heavy atom. The molecule has 1 heterocycles. The highest BCUT2D eigenvalue weighted by molar-refractivity contribution is 7.89. The Morgan fingerprint density at radius 1 is 1.42 bits per heavy atom. The van der Waals surface area contributed by atoms with Gasteiger partial charge >= 0.3 is 0 Å². The number of nitrogen functional groups attached to an aromatic ring is 1. The molecule has 0 aliphatic carbocycles. The van der Waals surface area contributed by atoms with Gasteiger partial charge in [0.05, 0.1) is 12.0 Å². The second-order valence-corrected chi connectivity index (χ2v) is 5.62. The number of hydrogen-bond acceptors (Lipinski definition) is 4. The number of sulfonamides is 1. The third-order valence-electron chi connectivity index (χ3n) is 2.49. The van der Waals surface area contributed by atoms with E-state index in [0.717, 1.165) is 12.1 Å². The molecule has 19 heavy (non-hydrogen) atoms. The lowest BCUT2D eigenvalue weighted by Gasteiger charge is -2.09. The molecule has 0 amide bonds. The fourth-order valence-electron chi connectivity index (χ4n) is 1.55. The summed E-state index contributed by atoms with van der Waals surface area (Å²) in [6, 6.07) is 3.23. The van der Waals surface area contributed by atoms with Gasteiger partial charge in [-0.15, -0.1) is 0 Å². The van der Waals surface area contributed by atoms with E-state index in [1.165, 1.54) is 6.07 Å². The molecule has 0 atom stereocenters. The number of nitrogens with two attached hydrogens (primary N) is 1. The number of imidazole rings is 1. The third-order valence-corrected chi connectivity index (χ3v) is 4.00. The number of rotatable bonds is 5. The Morgan fingerprint density at radius 2 is 2.21 bits per heavy atom. The number of halogens is 1. The molecule has 2 aromatic rings. The van der Waals surface area contributed by atoms with Gasteiger partial charge in [0.25, 0.3) is 0 Å². The average molecular weight is 284 g/mol. The molecule has 0 aliphatic rings. The minimum Gasteiger partial charge on any atom is -0.398 e. The quantitative estimate of drug-likeness (QED) is 0.786. The van der Waals surface area contributed by atoms with Crippen LogP contribution in [0.4, 0.5) is 10.1 Å². The molecule has 8 heteroatoms. The summed E-state index contributed by atoms with van der Waals surface area (Å²) in [5.41, 5.74) is 5.55. The molecule has 0 aliphatic heterocycles. The number of aromatic nitrogens is 2. The molecule has 2 rings (SSSR count). The summed E-state index contributed by atoms with van der Waals surface area (Å²) < 4.78 is 41.0. The number of anilines is 1. The van der Waals surface area contributed by atoms with E-state index in [2.05, 4.69) is 9.71 Å². The van der Waals surface area contributed by atoms with Gasteiger partial charge in [-0.1, -0.05) is 0 Å². The van der Waals surface area contributed by atoms with Crippen molar-refractivity contribution in [2.75, 3.05) is 12.3 Å². The first-order valence-electron chi connectivity index (χ1n) is 5.49. The van der Waals surface area contributed by atoms with E-state index in [0.29, 0.717) is 6.54 Å². The van der Waals surface area contributed by atoms with Gasteiger partial charge in [0.15, 0.2) is 0 Å². The molecule has 102 valence electrons. The molecule has 6 nitrogen and oxygen atoms in total. The van der Waals surface area contributed by atoms with Crippen LogP contribution in [0.3, 0.4) is 0 Å². The van der Waals surface area contributed by atoms with Gasteiger partial charge < -0.3 is 10.3 Å². The lowest BCUT2D eigenvalue weighted by Crippen LogP contribution is -2.28. The smallest absolute Gasteiger partial charge is 0.242 e. The lowest BCUT2D eigenvalue weighted by atomic mass is 10.3. The average Bonchev–Trinajstić information content (AvgIpc) is 2.85. The highest BCUT2D eigenvalue weighted by Crippen LogP contribution is 2.18. The van der Waals surface area contributed by atoms with Crippen LogP contribution in [-0.2, 0) is 16.6 Å². The summed E-state index contributed by atoms with van der Waals surface area (Å²) in [5.74, 6) is -0.649. The van der Waals surface area contributed by atoms with Crippen molar-refractivity contribution in [3.8, 4) is 0 Å². The van der Waals surface area contributed by atoms with Crippen molar-refractivity contribution in [1.29, 1.82) is 0 Å². The van der Waals surface area contributed by atoms with Gasteiger partial charge in [0, 0.05) is 25.5 Å². The molecule has 0 radical (unpaired) electrons. The molecule has 3 N–H and O–H groups in total. The van der Waals surface area contributed by atoms with Crippen molar-refractivity contribution >= 4 is 15.7 Å². The number of nitrogens with zero attached hydrogens (tertiary/aromatic N) is 2. The van der Waals surface area contributed by atoms with Crippen molar-refractivity contribution in [3.63, 3.8) is 0 Å². The molecule has 0 unspecified atom stereocenters. The Kier molecular flexibility index (Phi) is 3.82. The normalized spacial score (nSPS) is 11.6. The van der Waals surface area contributed by atoms with Gasteiger partial charge in [0.1, 0.15) is 10.7 Å². The van der Waals surface area contributed by atoms with Crippen molar-refractivity contribution in [3.05, 3.63) is 42.7 Å². The monoisotopic (exact) mass is 284 g/mol. The molecule has 1 aromatic heterocycles. The van der Waals surface area contributed by atoms with Crippen molar-refractivity contribution in [1.82, 2.24) is 14.3 Å². The van der Waals surface area contributed by atoms with E-state index in [9.17, 15) is 12.8 Å². The molecular formula is C11H13FN4O2S. The zero-order valence-electron chi connectivity index (χ0n) is 9.95. The fourth-order valence-corrected chi connectivity index (χ4v) is 2.71. The van der Waals surface area contributed by atoms with Crippen LogP contribution < -0.4 is 10.5 Å². The van der Waals surface area contributed by atoms with Crippen LogP contribution in [0, 0.1) is 5.82 Å². The third kappa shape index (κ3) is 3.30. The summed E-state index contributed by atoms with van der Waals surface area (Å²) in [5, 5.41) is 0. The zero-order valence-corrected chi connectivity index (χ0v) is 10.8. The Labute approximate surface area is 110 Å². The van der Waals surface area contributed by atoms with E-state index >= 15 is 0 Å². The van der Waals surface area contributed by atoms with Crippen molar-refractivity contribution < 1.29 is 12.8 Å². The Balaban J connectivity index is 2.07. The molecule has 0 spiro atoms. The summed E-state index contributed by atoms with van der Waals surface area (Å²) in [6.07, 6.45) is 4.88. The Hall–Kier alpha value is -1.93. The second kappa shape index (κ2) is 5.37. The van der Waals surface area contributed by atoms with E-state index in [-0.39, 0.29) is 17.1 Å². The highest BCUT2D eigenvalue weighted by atomic mass is 32.2. The van der Waals surface area contributed by atoms with Gasteiger partial charge in [-0.25, -0.2) is 22.5 Å². The predicted molar refractivity (Wildman–Crippen MR) is 68.2 cm³/mol. The standard InChI is InChI=1S/C11H13FN4O2S/c12-9-1-2-10(13)11(7-9)19(17,18)15-4-6-16-5-3-14-8-16/h1-3,5,7-8,15H,4,6,13H2. The molecule has 0 saturated carbocycles. The van der Waals surface area contributed by atoms with Crippen molar-refractivity contribution in [2.45, 2.75) is 11.4 Å². The summed E-state index contributed by atoms with van der Waals surface area (Å²) >= 11 is 0. The number of nitrogens with one attached hydrogen (secondary N) is 1. The molecular weight excluding hydrogens is 271 g/mol. The molecule has 0 bridgehead atoms. The first kappa shape index (κ1) is 13.5. The van der Waals surface area contributed by atoms with E-state index in [1.54, 1.807) is 23.3 Å². The molecule has 1 aromatic carbocycles. The summed E-state index contributed by atoms with van der Waals surface area (Å²) in [6.45, 7) is 0.586. The van der Waals surface area contributed by atoms with Gasteiger partial charge in [-0.05, 0) is 18.2 Å². The lowest BCUT2D eigenvalue weighted by molar-refractivity contribution is 0.570. The first-order chi connectivity index (χ1) is 8.99. The number of benzene rings is 1. The fraction of sp³-hybridized carbons (Fsp3) is 0.182. The van der Waals surface area contributed by atoms with E-state index in [4.69, 9.17) is 5.73 Å². The number of hydrogen-bond donors (Lipinski definition) is 2. The second-order valence-electron chi connectivity index (χ2n) is 3.88. The van der Waals surface area contributed by atoms with Crippen LogP contribution >= 0.6 is 0 Å². The van der Waals surface area contributed by atoms with E-state index < -0.39 is 15.8 Å². The minimum atomic E-state index is -3.82. The van der Waals surface area contributed by atoms with E-state index in [1.807, 2.05) is 0 Å². The zero-order chi connectivity index (χ0) is 13.9. The molecule has 0 fully saturated rings. The summed E-state index contributed by atoms with van der Waals surface area (Å²) in [7, 11) is -3.82. The van der Waals surface area contributed by atoms with Gasteiger partial charge in [-0.3, -0.25) is 0 Å². The predicted octanol–water partition coefficient (Wildman–Crippen LogP) is 0.583. The maximum atomic E-state index is 13.1. The largest absolute Gasteiger partial charge is 0.398 e. The summed E-state index contributed by atoms with van der Waals surface area (Å²) in [4.78, 5) is 3.59. The molecule has 0 saturated heterocycles.